The zero-order chi connectivity index (χ0) is 17.2. The lowest BCUT2D eigenvalue weighted by molar-refractivity contribution is -0.137. The number of hydrogen-bond acceptors (Lipinski definition) is 2. The maximum absolute atomic E-state index is 12.7. The molecule has 0 bridgehead atoms. The number of rotatable bonds is 4. The van der Waals surface area contributed by atoms with Crippen molar-refractivity contribution in [2.45, 2.75) is 25.6 Å². The maximum Gasteiger partial charge on any atom is 0.416 e. The lowest BCUT2D eigenvalue weighted by Crippen LogP contribution is -2.23. The molecule has 1 aliphatic heterocycles. The Morgan fingerprint density at radius 1 is 1.08 bits per heavy atom. The first kappa shape index (κ1) is 16.4. The van der Waals surface area contributed by atoms with Gasteiger partial charge in [0, 0.05) is 18.7 Å². The number of carbonyl (C=O) groups is 1. The lowest BCUT2D eigenvalue weighted by atomic mass is 10.1. The number of amides is 1. The molecule has 3 nitrogen and oxygen atoms in total. The van der Waals surface area contributed by atoms with Crippen molar-refractivity contribution in [1.82, 2.24) is 0 Å². The van der Waals surface area contributed by atoms with Crippen molar-refractivity contribution in [3.8, 4) is 5.75 Å². The van der Waals surface area contributed by atoms with E-state index in [2.05, 4.69) is 0 Å². The van der Waals surface area contributed by atoms with E-state index in [1.54, 1.807) is 35.2 Å². The summed E-state index contributed by atoms with van der Waals surface area (Å²) in [4.78, 5) is 13.4. The van der Waals surface area contributed by atoms with Gasteiger partial charge in [0.15, 0.2) is 0 Å². The Kier molecular flexibility index (Phi) is 4.46. The summed E-state index contributed by atoms with van der Waals surface area (Å²) in [6.07, 6.45) is -2.94. The van der Waals surface area contributed by atoms with Crippen molar-refractivity contribution < 1.29 is 22.7 Å². The molecule has 1 fully saturated rings. The van der Waals surface area contributed by atoms with E-state index < -0.39 is 11.7 Å². The molecule has 0 atom stereocenters. The zero-order valence-corrected chi connectivity index (χ0v) is 12.8. The standard InChI is InChI=1S/C18H16F3NO2/c19-18(20,21)14-4-1-3-13(11-14)12-24-16-8-6-15(7-9-16)22-10-2-5-17(22)23/h1,3-4,6-9,11H,2,5,10,12H2. The summed E-state index contributed by atoms with van der Waals surface area (Å²) in [7, 11) is 0. The Bertz CT molecular complexity index is 726. The van der Waals surface area contributed by atoms with Gasteiger partial charge in [-0.05, 0) is 48.4 Å². The monoisotopic (exact) mass is 335 g/mol. The molecule has 1 heterocycles. The van der Waals surface area contributed by atoms with Gasteiger partial charge in [-0.25, -0.2) is 0 Å². The van der Waals surface area contributed by atoms with Crippen LogP contribution in [0.15, 0.2) is 48.5 Å². The maximum atomic E-state index is 12.7. The van der Waals surface area contributed by atoms with E-state index in [4.69, 9.17) is 4.74 Å². The van der Waals surface area contributed by atoms with Crippen molar-refractivity contribution in [1.29, 1.82) is 0 Å². The number of anilines is 1. The van der Waals surface area contributed by atoms with E-state index in [0.29, 0.717) is 24.3 Å². The molecule has 0 aliphatic carbocycles. The highest BCUT2D eigenvalue weighted by molar-refractivity contribution is 5.95. The number of benzene rings is 2. The minimum absolute atomic E-state index is 0.0475. The van der Waals surface area contributed by atoms with Crippen molar-refractivity contribution in [3.63, 3.8) is 0 Å². The average Bonchev–Trinajstić information content (AvgIpc) is 2.99. The molecule has 0 saturated carbocycles. The summed E-state index contributed by atoms with van der Waals surface area (Å²) >= 11 is 0. The van der Waals surface area contributed by atoms with Crippen LogP contribution in [-0.2, 0) is 17.6 Å². The van der Waals surface area contributed by atoms with Crippen LogP contribution in [0.2, 0.25) is 0 Å². The lowest BCUT2D eigenvalue weighted by Gasteiger charge is -2.16. The van der Waals surface area contributed by atoms with Crippen LogP contribution in [0.5, 0.6) is 5.75 Å². The molecule has 1 aliphatic rings. The van der Waals surface area contributed by atoms with Gasteiger partial charge in [0.2, 0.25) is 5.91 Å². The number of alkyl halides is 3. The van der Waals surface area contributed by atoms with E-state index in [9.17, 15) is 18.0 Å². The molecule has 126 valence electrons. The summed E-state index contributed by atoms with van der Waals surface area (Å²) < 4.78 is 43.6. The number of hydrogen-bond donors (Lipinski definition) is 0. The largest absolute Gasteiger partial charge is 0.489 e. The molecule has 2 aromatic carbocycles. The summed E-state index contributed by atoms with van der Waals surface area (Å²) in [6.45, 7) is 0.759. The summed E-state index contributed by atoms with van der Waals surface area (Å²) in [5, 5.41) is 0. The molecule has 0 radical (unpaired) electrons. The highest BCUT2D eigenvalue weighted by atomic mass is 19.4. The molecule has 3 rings (SSSR count). The number of ether oxygens (including phenoxy) is 1. The molecule has 2 aromatic rings. The first-order valence-electron chi connectivity index (χ1n) is 7.63. The van der Waals surface area contributed by atoms with Gasteiger partial charge in [0.05, 0.1) is 5.56 Å². The summed E-state index contributed by atoms with van der Waals surface area (Å²) in [6, 6.07) is 12.1. The molecule has 0 spiro atoms. The van der Waals surface area contributed by atoms with Gasteiger partial charge in [0.25, 0.3) is 0 Å². The summed E-state index contributed by atoms with van der Waals surface area (Å²) in [5.74, 6) is 0.649. The second kappa shape index (κ2) is 6.55. The van der Waals surface area contributed by atoms with Gasteiger partial charge in [0.1, 0.15) is 12.4 Å². The zero-order valence-electron chi connectivity index (χ0n) is 12.8. The minimum atomic E-state index is -4.36. The minimum Gasteiger partial charge on any atom is -0.489 e. The van der Waals surface area contributed by atoms with Crippen LogP contribution in [0.1, 0.15) is 24.0 Å². The van der Waals surface area contributed by atoms with Gasteiger partial charge >= 0.3 is 6.18 Å². The van der Waals surface area contributed by atoms with Crippen molar-refractivity contribution >= 4 is 11.6 Å². The van der Waals surface area contributed by atoms with Gasteiger partial charge < -0.3 is 9.64 Å². The molecule has 0 unspecified atom stereocenters. The van der Waals surface area contributed by atoms with Crippen LogP contribution in [0.4, 0.5) is 18.9 Å². The van der Waals surface area contributed by atoms with Crippen molar-refractivity contribution in [3.05, 3.63) is 59.7 Å². The van der Waals surface area contributed by atoms with Gasteiger partial charge in [-0.3, -0.25) is 4.79 Å². The molecule has 0 aromatic heterocycles. The second-order valence-electron chi connectivity index (χ2n) is 5.63. The molecular weight excluding hydrogens is 319 g/mol. The van der Waals surface area contributed by atoms with Crippen LogP contribution in [0.25, 0.3) is 0 Å². The summed E-state index contributed by atoms with van der Waals surface area (Å²) in [5.41, 5.74) is 0.569. The van der Waals surface area contributed by atoms with Crippen LogP contribution < -0.4 is 9.64 Å². The van der Waals surface area contributed by atoms with Crippen molar-refractivity contribution in [2.75, 3.05) is 11.4 Å². The van der Waals surface area contributed by atoms with Gasteiger partial charge in [-0.2, -0.15) is 13.2 Å². The molecule has 0 N–H and O–H groups in total. The smallest absolute Gasteiger partial charge is 0.416 e. The number of carbonyl (C=O) groups excluding carboxylic acids is 1. The predicted molar refractivity (Wildman–Crippen MR) is 83.8 cm³/mol. The Balaban J connectivity index is 1.64. The molecule has 1 saturated heterocycles. The van der Waals surface area contributed by atoms with E-state index in [1.807, 2.05) is 0 Å². The Morgan fingerprint density at radius 2 is 1.83 bits per heavy atom. The van der Waals surface area contributed by atoms with E-state index in [-0.39, 0.29) is 12.5 Å². The van der Waals surface area contributed by atoms with E-state index in [0.717, 1.165) is 24.2 Å². The highest BCUT2D eigenvalue weighted by Crippen LogP contribution is 2.30. The molecular formula is C18H16F3NO2. The first-order chi connectivity index (χ1) is 11.4. The van der Waals surface area contributed by atoms with E-state index in [1.165, 1.54) is 6.07 Å². The molecule has 1 amide bonds. The average molecular weight is 335 g/mol. The fraction of sp³-hybridized carbons (Fsp3) is 0.278. The third-order valence-electron chi connectivity index (χ3n) is 3.88. The molecule has 6 heteroatoms. The highest BCUT2D eigenvalue weighted by Gasteiger charge is 2.30. The topological polar surface area (TPSA) is 29.5 Å². The third-order valence-corrected chi connectivity index (χ3v) is 3.88. The van der Waals surface area contributed by atoms with Gasteiger partial charge in [-0.15, -0.1) is 0 Å². The van der Waals surface area contributed by atoms with E-state index >= 15 is 0 Å². The second-order valence-corrected chi connectivity index (χ2v) is 5.63. The number of nitrogens with zero attached hydrogens (tertiary/aromatic N) is 1. The Labute approximate surface area is 137 Å². The normalized spacial score (nSPS) is 15.0. The Morgan fingerprint density at radius 3 is 2.46 bits per heavy atom. The SMILES string of the molecule is O=C1CCCN1c1ccc(OCc2cccc(C(F)(F)F)c2)cc1. The third kappa shape index (κ3) is 3.69. The van der Waals surface area contributed by atoms with Gasteiger partial charge in [-0.1, -0.05) is 12.1 Å². The quantitative estimate of drug-likeness (QED) is 0.828. The fourth-order valence-corrected chi connectivity index (χ4v) is 2.65. The molecule has 24 heavy (non-hydrogen) atoms. The number of halogens is 3. The fourth-order valence-electron chi connectivity index (χ4n) is 2.65. The van der Waals surface area contributed by atoms with Crippen LogP contribution >= 0.6 is 0 Å². The van der Waals surface area contributed by atoms with Crippen LogP contribution in [-0.4, -0.2) is 12.5 Å². The predicted octanol–water partition coefficient (Wildman–Crippen LogP) is 4.41. The van der Waals surface area contributed by atoms with Crippen LogP contribution in [0.3, 0.4) is 0 Å². The van der Waals surface area contributed by atoms with Crippen LogP contribution in [0, 0.1) is 0 Å². The Hall–Kier alpha value is -2.50. The first-order valence-corrected chi connectivity index (χ1v) is 7.63. The van der Waals surface area contributed by atoms with Crippen molar-refractivity contribution in [2.24, 2.45) is 0 Å².